The van der Waals surface area contributed by atoms with Gasteiger partial charge in [-0.3, -0.25) is 9.98 Å². The lowest BCUT2D eigenvalue weighted by atomic mass is 10.1. The van der Waals surface area contributed by atoms with Crippen LogP contribution in [0.15, 0.2) is 34.3 Å². The summed E-state index contributed by atoms with van der Waals surface area (Å²) in [7, 11) is 0. The van der Waals surface area contributed by atoms with E-state index in [4.69, 9.17) is 16.6 Å². The van der Waals surface area contributed by atoms with Crippen LogP contribution in [0.4, 0.5) is 13.2 Å². The maximum Gasteiger partial charge on any atom is 0.417 e. The molecule has 1 aromatic carbocycles. The minimum atomic E-state index is -4.53. The van der Waals surface area contributed by atoms with Crippen molar-refractivity contribution in [1.82, 2.24) is 0 Å². The molecule has 6 nitrogen and oxygen atoms in total. The molecule has 1 rings (SSSR count). The zero-order valence-electron chi connectivity index (χ0n) is 12.1. The van der Waals surface area contributed by atoms with Gasteiger partial charge in [0, 0.05) is 18.3 Å². The number of carboxylic acids is 1. The first-order chi connectivity index (χ1) is 10.7. The van der Waals surface area contributed by atoms with Crippen molar-refractivity contribution in [3.05, 3.63) is 35.4 Å². The predicted molar refractivity (Wildman–Crippen MR) is 80.4 cm³/mol. The van der Waals surface area contributed by atoms with Gasteiger partial charge in [-0.15, -0.1) is 0 Å². The number of benzene rings is 1. The average molecular weight is 330 g/mol. The number of hydrogen-bond donors (Lipinski definition) is 3. The molecule has 0 amide bonds. The molecule has 0 aliphatic carbocycles. The van der Waals surface area contributed by atoms with E-state index in [0.29, 0.717) is 6.42 Å². The molecule has 0 fully saturated rings. The number of halogens is 3. The van der Waals surface area contributed by atoms with Crippen molar-refractivity contribution < 1.29 is 23.1 Å². The SMILES string of the molecule is NC(N)=NCCC[C@H](N=Cc1ccccc1C(F)(F)F)C(=O)O. The van der Waals surface area contributed by atoms with E-state index in [1.54, 1.807) is 0 Å². The highest BCUT2D eigenvalue weighted by atomic mass is 19.4. The van der Waals surface area contributed by atoms with E-state index in [1.807, 2.05) is 0 Å². The van der Waals surface area contributed by atoms with Crippen LogP contribution in [0.25, 0.3) is 0 Å². The third kappa shape index (κ3) is 6.37. The van der Waals surface area contributed by atoms with Crippen LogP contribution in [0.2, 0.25) is 0 Å². The van der Waals surface area contributed by atoms with Crippen molar-refractivity contribution in [2.45, 2.75) is 25.1 Å². The van der Waals surface area contributed by atoms with E-state index in [0.717, 1.165) is 12.3 Å². The number of nitrogens with zero attached hydrogens (tertiary/aromatic N) is 2. The quantitative estimate of drug-likeness (QED) is 0.400. The van der Waals surface area contributed by atoms with Gasteiger partial charge in [0.2, 0.25) is 0 Å². The van der Waals surface area contributed by atoms with Crippen LogP contribution in [0.3, 0.4) is 0 Å². The van der Waals surface area contributed by atoms with E-state index >= 15 is 0 Å². The van der Waals surface area contributed by atoms with Crippen LogP contribution in [-0.4, -0.2) is 35.8 Å². The molecule has 0 heterocycles. The second-order valence-electron chi connectivity index (χ2n) is 4.67. The first-order valence-corrected chi connectivity index (χ1v) is 6.69. The Morgan fingerprint density at radius 1 is 1.30 bits per heavy atom. The highest BCUT2D eigenvalue weighted by Gasteiger charge is 2.32. The predicted octanol–water partition coefficient (Wildman–Crippen LogP) is 1.63. The van der Waals surface area contributed by atoms with E-state index in [-0.39, 0.29) is 24.5 Å². The van der Waals surface area contributed by atoms with E-state index in [1.165, 1.54) is 18.2 Å². The summed E-state index contributed by atoms with van der Waals surface area (Å²) in [6, 6.07) is 3.65. The minimum absolute atomic E-state index is 0.108. The molecule has 0 aliphatic heterocycles. The molecule has 23 heavy (non-hydrogen) atoms. The van der Waals surface area contributed by atoms with E-state index in [2.05, 4.69) is 9.98 Å². The Bertz CT molecular complexity index is 596. The summed E-state index contributed by atoms with van der Waals surface area (Å²) in [4.78, 5) is 18.6. The zero-order chi connectivity index (χ0) is 17.5. The molecule has 0 unspecified atom stereocenters. The van der Waals surface area contributed by atoms with E-state index < -0.39 is 23.8 Å². The van der Waals surface area contributed by atoms with Gasteiger partial charge in [-0.1, -0.05) is 18.2 Å². The van der Waals surface area contributed by atoms with Crippen LogP contribution in [0.5, 0.6) is 0 Å². The van der Waals surface area contributed by atoms with Crippen LogP contribution in [-0.2, 0) is 11.0 Å². The van der Waals surface area contributed by atoms with Crippen molar-refractivity contribution >= 4 is 18.1 Å². The summed E-state index contributed by atoms with van der Waals surface area (Å²) in [5.41, 5.74) is 9.22. The fourth-order valence-corrected chi connectivity index (χ4v) is 1.79. The maximum atomic E-state index is 12.8. The second kappa shape index (κ2) is 8.16. The fourth-order valence-electron chi connectivity index (χ4n) is 1.79. The first-order valence-electron chi connectivity index (χ1n) is 6.69. The monoisotopic (exact) mass is 330 g/mol. The van der Waals surface area contributed by atoms with Crippen LogP contribution in [0, 0.1) is 0 Å². The Morgan fingerprint density at radius 2 is 1.96 bits per heavy atom. The number of alkyl halides is 3. The molecule has 0 saturated carbocycles. The smallest absolute Gasteiger partial charge is 0.417 e. The molecule has 5 N–H and O–H groups in total. The summed E-state index contributed by atoms with van der Waals surface area (Å²) in [5.74, 6) is -1.34. The lowest BCUT2D eigenvalue weighted by Crippen LogP contribution is -2.23. The number of carbonyl (C=O) groups is 1. The van der Waals surface area contributed by atoms with Gasteiger partial charge < -0.3 is 16.6 Å². The summed E-state index contributed by atoms with van der Waals surface area (Å²) in [6.45, 7) is 0.223. The molecular formula is C14H17F3N4O2. The fraction of sp³-hybridized carbons (Fsp3) is 0.357. The number of guanidine groups is 1. The molecule has 1 atom stereocenters. The van der Waals surface area contributed by atoms with E-state index in [9.17, 15) is 18.0 Å². The lowest BCUT2D eigenvalue weighted by molar-refractivity contribution is -0.138. The summed E-state index contributed by atoms with van der Waals surface area (Å²) in [5, 5.41) is 9.07. The normalized spacial score (nSPS) is 13.0. The third-order valence-corrected chi connectivity index (χ3v) is 2.87. The largest absolute Gasteiger partial charge is 0.480 e. The van der Waals surface area contributed by atoms with Crippen molar-refractivity contribution in [2.24, 2.45) is 21.5 Å². The Morgan fingerprint density at radius 3 is 2.52 bits per heavy atom. The van der Waals surface area contributed by atoms with Crippen molar-refractivity contribution in [3.8, 4) is 0 Å². The Balaban J connectivity index is 2.83. The Kier molecular flexibility index (Phi) is 6.55. The van der Waals surface area contributed by atoms with Gasteiger partial charge >= 0.3 is 12.1 Å². The topological polar surface area (TPSA) is 114 Å². The van der Waals surface area contributed by atoms with Gasteiger partial charge in [-0.05, 0) is 18.9 Å². The molecule has 0 bridgehead atoms. The molecule has 0 saturated heterocycles. The molecule has 0 radical (unpaired) electrons. The molecular weight excluding hydrogens is 313 g/mol. The van der Waals surface area contributed by atoms with Crippen LogP contribution < -0.4 is 11.5 Å². The number of hydrogen-bond acceptors (Lipinski definition) is 3. The third-order valence-electron chi connectivity index (χ3n) is 2.87. The van der Waals surface area contributed by atoms with Gasteiger partial charge in [0.15, 0.2) is 5.96 Å². The van der Waals surface area contributed by atoms with Crippen LogP contribution >= 0.6 is 0 Å². The summed E-state index contributed by atoms with van der Waals surface area (Å²) in [6.07, 6.45) is -3.15. The van der Waals surface area contributed by atoms with Crippen molar-refractivity contribution in [2.75, 3.05) is 6.54 Å². The van der Waals surface area contributed by atoms with Crippen molar-refractivity contribution in [1.29, 1.82) is 0 Å². The van der Waals surface area contributed by atoms with Crippen molar-refractivity contribution in [3.63, 3.8) is 0 Å². The lowest BCUT2D eigenvalue weighted by Gasteiger charge is -2.10. The average Bonchev–Trinajstić information content (AvgIpc) is 2.45. The van der Waals surface area contributed by atoms with Gasteiger partial charge in [0.25, 0.3) is 0 Å². The number of rotatable bonds is 7. The summed E-state index contributed by atoms with van der Waals surface area (Å²) >= 11 is 0. The molecule has 1 aromatic rings. The highest BCUT2D eigenvalue weighted by molar-refractivity contribution is 5.85. The Hall–Kier alpha value is -2.58. The highest BCUT2D eigenvalue weighted by Crippen LogP contribution is 2.31. The molecule has 0 spiro atoms. The number of aliphatic carboxylic acids is 1. The van der Waals surface area contributed by atoms with Gasteiger partial charge in [-0.25, -0.2) is 4.79 Å². The second-order valence-corrected chi connectivity index (χ2v) is 4.67. The molecule has 0 aliphatic rings. The van der Waals surface area contributed by atoms with Gasteiger partial charge in [0.05, 0.1) is 5.56 Å². The Labute approximate surface area is 130 Å². The first kappa shape index (κ1) is 18.5. The number of aliphatic imine (C=N–C) groups is 2. The summed E-state index contributed by atoms with van der Waals surface area (Å²) < 4.78 is 38.5. The van der Waals surface area contributed by atoms with Gasteiger partial charge in [-0.2, -0.15) is 13.2 Å². The molecule has 126 valence electrons. The number of carboxylic acid groups (broad SMARTS) is 1. The number of nitrogens with two attached hydrogens (primary N) is 2. The molecule has 9 heteroatoms. The standard InChI is InChI=1S/C14H17F3N4O2/c15-14(16,17)10-5-2-1-4-9(10)8-21-11(12(22)23)6-3-7-20-13(18)19/h1-2,4-5,8,11H,3,6-7H2,(H,22,23)(H4,18,19,20)/t11-/m0/s1. The van der Waals surface area contributed by atoms with Crippen LogP contribution in [0.1, 0.15) is 24.0 Å². The molecule has 0 aromatic heterocycles. The minimum Gasteiger partial charge on any atom is -0.480 e. The van der Waals surface area contributed by atoms with Gasteiger partial charge in [0.1, 0.15) is 6.04 Å². The maximum absolute atomic E-state index is 12.8. The zero-order valence-corrected chi connectivity index (χ0v) is 12.1.